The number of ketones is 1. The first-order chi connectivity index (χ1) is 15.5. The lowest BCUT2D eigenvalue weighted by molar-refractivity contribution is 0.103. The Morgan fingerprint density at radius 1 is 0.588 bits per heavy atom. The minimum absolute atomic E-state index is 0.141. The van der Waals surface area contributed by atoms with E-state index in [-0.39, 0.29) is 5.78 Å². The molecule has 0 N–H and O–H groups in total. The summed E-state index contributed by atoms with van der Waals surface area (Å²) in [6.45, 7) is 22.8. The van der Waals surface area contributed by atoms with Crippen molar-refractivity contribution in [2.75, 3.05) is 0 Å². The van der Waals surface area contributed by atoms with Gasteiger partial charge in [0.15, 0.2) is 39.1 Å². The Kier molecular flexibility index (Phi) is 9.69. The van der Waals surface area contributed by atoms with Crippen molar-refractivity contribution in [2.24, 2.45) is 0 Å². The number of carbonyl (C=O) groups excluding carboxylic acids is 1. The Balaban J connectivity index is 2.23. The fourth-order valence-electron chi connectivity index (χ4n) is 4.70. The molecule has 0 aliphatic heterocycles. The summed E-state index contributed by atoms with van der Waals surface area (Å²) in [4.78, 5) is 13.8. The van der Waals surface area contributed by atoms with Crippen LogP contribution in [-0.2, 0) is 21.1 Å². The van der Waals surface area contributed by atoms with Crippen molar-refractivity contribution >= 4 is 39.1 Å². The van der Waals surface area contributed by atoms with Gasteiger partial charge < -0.3 is 8.23 Å². The van der Waals surface area contributed by atoms with Gasteiger partial charge in [-0.05, 0) is 102 Å². The quantitative estimate of drug-likeness (QED) is 0.205. The minimum Gasteiger partial charge on any atom is -0.456 e. The van der Waals surface area contributed by atoms with Crippen molar-refractivity contribution in [3.05, 3.63) is 70.8 Å². The van der Waals surface area contributed by atoms with Crippen LogP contribution in [0.5, 0.6) is 0 Å². The number of benzene rings is 2. The fourth-order valence-corrected chi connectivity index (χ4v) is 20.5. The van der Waals surface area contributed by atoms with E-state index < -0.39 is 33.3 Å². The van der Waals surface area contributed by atoms with Gasteiger partial charge in [-0.15, -0.1) is 0 Å². The maximum absolute atomic E-state index is 13.8. The molecule has 2 rings (SSSR count). The SMILES string of the molecule is C[Si](C)(C)O[Si](C)(C)CCc1ccccc1C(=O)c1ccccc1CC[Si](C)(C)O[Si](C)(C)C. The smallest absolute Gasteiger partial charge is 0.193 e. The largest absolute Gasteiger partial charge is 0.456 e. The molecule has 188 valence electrons. The normalized spacial score (nSPS) is 13.2. The number of aryl methyl sites for hydroxylation is 2. The van der Waals surface area contributed by atoms with Gasteiger partial charge in [-0.2, -0.15) is 0 Å². The number of hydrogen-bond donors (Lipinski definition) is 0. The van der Waals surface area contributed by atoms with Crippen LogP contribution < -0.4 is 0 Å². The Hall–Kier alpha value is -1.10. The highest BCUT2D eigenvalue weighted by atomic mass is 28.4. The maximum Gasteiger partial charge on any atom is 0.193 e. The molecule has 0 spiro atoms. The van der Waals surface area contributed by atoms with Gasteiger partial charge in [-0.3, -0.25) is 4.79 Å². The molecule has 0 bridgehead atoms. The van der Waals surface area contributed by atoms with Gasteiger partial charge in [0.25, 0.3) is 0 Å². The van der Waals surface area contributed by atoms with E-state index in [4.69, 9.17) is 8.23 Å². The highest BCUT2D eigenvalue weighted by Gasteiger charge is 2.31. The molecule has 0 saturated carbocycles. The first kappa shape index (κ1) is 29.1. The molecule has 0 aromatic heterocycles. The molecule has 0 atom stereocenters. The Bertz CT molecular complexity index is 895. The molecule has 2 aromatic rings. The van der Waals surface area contributed by atoms with Crippen LogP contribution in [0.2, 0.25) is 77.6 Å². The molecule has 34 heavy (non-hydrogen) atoms. The van der Waals surface area contributed by atoms with Crippen LogP contribution in [0.15, 0.2) is 48.5 Å². The van der Waals surface area contributed by atoms with Gasteiger partial charge >= 0.3 is 0 Å². The van der Waals surface area contributed by atoms with Crippen LogP contribution >= 0.6 is 0 Å². The molecule has 3 nitrogen and oxygen atoms in total. The summed E-state index contributed by atoms with van der Waals surface area (Å²) in [7, 11) is -6.71. The molecule has 0 unspecified atom stereocenters. The summed E-state index contributed by atoms with van der Waals surface area (Å²) in [5.41, 5.74) is 3.95. The number of carbonyl (C=O) groups is 1. The molecule has 0 saturated heterocycles. The lowest BCUT2D eigenvalue weighted by atomic mass is 9.93. The fraction of sp³-hybridized carbons (Fsp3) is 0.519. The van der Waals surface area contributed by atoms with Crippen molar-refractivity contribution < 1.29 is 13.0 Å². The van der Waals surface area contributed by atoms with E-state index in [1.165, 1.54) is 0 Å². The maximum atomic E-state index is 13.8. The first-order valence-electron chi connectivity index (χ1n) is 12.6. The van der Waals surface area contributed by atoms with Crippen LogP contribution in [0.4, 0.5) is 0 Å². The van der Waals surface area contributed by atoms with E-state index in [1.807, 2.05) is 36.4 Å². The van der Waals surface area contributed by atoms with Crippen molar-refractivity contribution in [2.45, 2.75) is 90.4 Å². The third kappa shape index (κ3) is 9.87. The highest BCUT2D eigenvalue weighted by molar-refractivity contribution is 6.84. The molecule has 7 heteroatoms. The van der Waals surface area contributed by atoms with E-state index >= 15 is 0 Å². The summed E-state index contributed by atoms with van der Waals surface area (Å²) in [6, 6.07) is 18.3. The second-order valence-electron chi connectivity index (χ2n) is 12.6. The van der Waals surface area contributed by atoms with Crippen molar-refractivity contribution in [3.8, 4) is 0 Å². The molecule has 0 fully saturated rings. The average Bonchev–Trinajstić information content (AvgIpc) is 2.67. The Morgan fingerprint density at radius 2 is 0.912 bits per heavy atom. The zero-order valence-electron chi connectivity index (χ0n) is 23.2. The molecule has 0 heterocycles. The highest BCUT2D eigenvalue weighted by Crippen LogP contribution is 2.26. The van der Waals surface area contributed by atoms with E-state index in [2.05, 4.69) is 77.6 Å². The molecular formula is C27H46O3Si4. The molecular weight excluding hydrogens is 485 g/mol. The zero-order valence-corrected chi connectivity index (χ0v) is 27.2. The van der Waals surface area contributed by atoms with Crippen LogP contribution in [0.3, 0.4) is 0 Å². The van der Waals surface area contributed by atoms with Crippen LogP contribution in [0.1, 0.15) is 27.0 Å². The van der Waals surface area contributed by atoms with Gasteiger partial charge in [-0.1, -0.05) is 48.5 Å². The molecule has 2 aromatic carbocycles. The van der Waals surface area contributed by atoms with Crippen molar-refractivity contribution in [1.82, 2.24) is 0 Å². The van der Waals surface area contributed by atoms with E-state index in [0.29, 0.717) is 0 Å². The zero-order chi connectivity index (χ0) is 25.8. The van der Waals surface area contributed by atoms with Gasteiger partial charge in [0.2, 0.25) is 0 Å². The predicted molar refractivity (Wildman–Crippen MR) is 157 cm³/mol. The summed E-state index contributed by atoms with van der Waals surface area (Å²) < 4.78 is 13.1. The monoisotopic (exact) mass is 530 g/mol. The Labute approximate surface area is 212 Å². The lowest BCUT2D eigenvalue weighted by Crippen LogP contribution is -2.42. The van der Waals surface area contributed by atoms with E-state index in [1.54, 1.807) is 0 Å². The summed E-state index contributed by atoms with van der Waals surface area (Å²) in [5.74, 6) is 0.141. The third-order valence-corrected chi connectivity index (χ3v) is 17.9. The van der Waals surface area contributed by atoms with Crippen molar-refractivity contribution in [3.63, 3.8) is 0 Å². The number of rotatable bonds is 12. The molecule has 0 aliphatic rings. The standard InChI is InChI=1S/C27H46O3Si4/c1-31(2,3)29-33(7,8)21-19-23-15-11-13-17-25(23)27(28)26-18-14-12-16-24(26)20-22-34(9,10)30-32(4,5)6/h11-18H,19-22H2,1-10H3. The summed E-state index contributed by atoms with van der Waals surface area (Å²) >= 11 is 0. The lowest BCUT2D eigenvalue weighted by Gasteiger charge is -2.32. The van der Waals surface area contributed by atoms with Crippen molar-refractivity contribution in [1.29, 1.82) is 0 Å². The second kappa shape index (κ2) is 11.3. The van der Waals surface area contributed by atoms with Gasteiger partial charge in [0.1, 0.15) is 0 Å². The minimum atomic E-state index is -1.78. The van der Waals surface area contributed by atoms with Gasteiger partial charge in [-0.25, -0.2) is 0 Å². The second-order valence-corrected chi connectivity index (χ2v) is 30.7. The summed E-state index contributed by atoms with van der Waals surface area (Å²) in [6.07, 6.45) is 1.77. The topological polar surface area (TPSA) is 35.5 Å². The third-order valence-electron chi connectivity index (χ3n) is 5.68. The Morgan fingerprint density at radius 3 is 1.24 bits per heavy atom. The van der Waals surface area contributed by atoms with Crippen LogP contribution in [-0.4, -0.2) is 39.1 Å². The van der Waals surface area contributed by atoms with Crippen LogP contribution in [0.25, 0.3) is 0 Å². The molecule has 0 aliphatic carbocycles. The van der Waals surface area contributed by atoms with E-state index in [0.717, 1.165) is 47.2 Å². The van der Waals surface area contributed by atoms with E-state index in [9.17, 15) is 4.79 Å². The molecule has 0 radical (unpaired) electrons. The average molecular weight is 531 g/mol. The summed E-state index contributed by atoms with van der Waals surface area (Å²) in [5, 5.41) is 0. The van der Waals surface area contributed by atoms with Gasteiger partial charge in [0, 0.05) is 11.1 Å². The predicted octanol–water partition coefficient (Wildman–Crippen LogP) is 8.12. The van der Waals surface area contributed by atoms with Gasteiger partial charge in [0.05, 0.1) is 0 Å². The number of hydrogen-bond acceptors (Lipinski definition) is 3. The first-order valence-corrected chi connectivity index (χ1v) is 25.6. The van der Waals surface area contributed by atoms with Crippen LogP contribution in [0, 0.1) is 0 Å². The molecule has 0 amide bonds.